The lowest BCUT2D eigenvalue weighted by Gasteiger charge is -2.29. The third-order valence-electron chi connectivity index (χ3n) is 5.78. The van der Waals surface area contributed by atoms with Crippen molar-refractivity contribution in [2.45, 2.75) is 38.3 Å². The Morgan fingerprint density at radius 3 is 2.88 bits per heavy atom. The van der Waals surface area contributed by atoms with Gasteiger partial charge in [0.2, 0.25) is 0 Å². The molecule has 0 bridgehead atoms. The van der Waals surface area contributed by atoms with Crippen LogP contribution >= 0.6 is 0 Å². The van der Waals surface area contributed by atoms with Crippen molar-refractivity contribution in [3.8, 4) is 5.75 Å². The van der Waals surface area contributed by atoms with Gasteiger partial charge in [0, 0.05) is 30.8 Å². The molecule has 4 heteroatoms. The van der Waals surface area contributed by atoms with Gasteiger partial charge < -0.3 is 10.1 Å². The van der Waals surface area contributed by atoms with Gasteiger partial charge in [-0.2, -0.15) is 0 Å². The van der Waals surface area contributed by atoms with E-state index in [1.165, 1.54) is 16.7 Å². The number of ether oxygens (including phenoxy) is 1. The van der Waals surface area contributed by atoms with Gasteiger partial charge in [-0.05, 0) is 43.9 Å². The molecule has 1 atom stereocenters. The standard InChI is InChI=1S/C22H26N2O2/c1-16-7-8-20(26-2)18(13-16)14-24-12-11-22(15-24)10-9-17-5-3-4-6-19(17)21(25)23-22/h3-8,13H,9-12,14-15H2,1-2H3,(H,23,25)/t22-/m1/s1. The molecular weight excluding hydrogens is 324 g/mol. The number of carbonyl (C=O) groups is 1. The van der Waals surface area contributed by atoms with Crippen molar-refractivity contribution in [3.63, 3.8) is 0 Å². The SMILES string of the molecule is COc1ccc(C)cc1CN1CC[C@]2(CCc3ccccc3C(=O)N2)C1. The van der Waals surface area contributed by atoms with E-state index in [-0.39, 0.29) is 11.4 Å². The molecule has 4 nitrogen and oxygen atoms in total. The summed E-state index contributed by atoms with van der Waals surface area (Å²) in [5.74, 6) is 1.02. The zero-order valence-electron chi connectivity index (χ0n) is 15.5. The molecule has 1 fully saturated rings. The molecule has 26 heavy (non-hydrogen) atoms. The van der Waals surface area contributed by atoms with Crippen molar-refractivity contribution in [2.75, 3.05) is 20.2 Å². The topological polar surface area (TPSA) is 41.6 Å². The third kappa shape index (κ3) is 3.21. The van der Waals surface area contributed by atoms with Crippen LogP contribution in [-0.4, -0.2) is 36.5 Å². The second-order valence-electron chi connectivity index (χ2n) is 7.67. The molecule has 4 rings (SSSR count). The van der Waals surface area contributed by atoms with Crippen molar-refractivity contribution in [1.82, 2.24) is 10.2 Å². The first-order valence-corrected chi connectivity index (χ1v) is 9.35. The van der Waals surface area contributed by atoms with E-state index in [0.29, 0.717) is 0 Å². The number of benzene rings is 2. The van der Waals surface area contributed by atoms with E-state index in [1.807, 2.05) is 24.3 Å². The Bertz CT molecular complexity index is 833. The predicted octanol–water partition coefficient (Wildman–Crippen LogP) is 3.32. The van der Waals surface area contributed by atoms with E-state index in [1.54, 1.807) is 7.11 Å². The van der Waals surface area contributed by atoms with E-state index in [9.17, 15) is 4.79 Å². The van der Waals surface area contributed by atoms with Gasteiger partial charge >= 0.3 is 0 Å². The smallest absolute Gasteiger partial charge is 0.252 e. The van der Waals surface area contributed by atoms with Crippen LogP contribution in [0.25, 0.3) is 0 Å². The van der Waals surface area contributed by atoms with Gasteiger partial charge in [-0.25, -0.2) is 0 Å². The van der Waals surface area contributed by atoms with Crippen LogP contribution in [0.1, 0.15) is 39.9 Å². The van der Waals surface area contributed by atoms with Crippen molar-refractivity contribution in [2.24, 2.45) is 0 Å². The third-order valence-corrected chi connectivity index (χ3v) is 5.78. The number of nitrogens with zero attached hydrogens (tertiary/aromatic N) is 1. The number of aryl methyl sites for hydroxylation is 2. The number of methoxy groups -OCH3 is 1. The molecule has 2 aliphatic heterocycles. The molecule has 0 aromatic heterocycles. The highest BCUT2D eigenvalue weighted by molar-refractivity contribution is 5.96. The van der Waals surface area contributed by atoms with Crippen LogP contribution in [-0.2, 0) is 13.0 Å². The molecule has 0 radical (unpaired) electrons. The van der Waals surface area contributed by atoms with E-state index in [4.69, 9.17) is 4.74 Å². The fraction of sp³-hybridized carbons (Fsp3) is 0.409. The number of nitrogens with one attached hydrogen (secondary N) is 1. The minimum absolute atomic E-state index is 0.0769. The summed E-state index contributed by atoms with van der Waals surface area (Å²) in [6, 6.07) is 14.3. The van der Waals surface area contributed by atoms with E-state index >= 15 is 0 Å². The van der Waals surface area contributed by atoms with Crippen LogP contribution in [0.15, 0.2) is 42.5 Å². The highest BCUT2D eigenvalue weighted by atomic mass is 16.5. The quantitative estimate of drug-likeness (QED) is 0.923. The van der Waals surface area contributed by atoms with Gasteiger partial charge in [-0.1, -0.05) is 35.9 Å². The Labute approximate surface area is 155 Å². The van der Waals surface area contributed by atoms with Crippen molar-refractivity contribution < 1.29 is 9.53 Å². The highest BCUT2D eigenvalue weighted by Crippen LogP contribution is 2.32. The van der Waals surface area contributed by atoms with Gasteiger partial charge in [-0.15, -0.1) is 0 Å². The molecule has 0 saturated carbocycles. The number of hydrogen-bond donors (Lipinski definition) is 1. The fourth-order valence-electron chi connectivity index (χ4n) is 4.38. The maximum absolute atomic E-state index is 12.7. The highest BCUT2D eigenvalue weighted by Gasteiger charge is 2.41. The van der Waals surface area contributed by atoms with Gasteiger partial charge in [0.05, 0.1) is 12.6 Å². The molecule has 136 valence electrons. The number of likely N-dealkylation sites (tertiary alicyclic amines) is 1. The van der Waals surface area contributed by atoms with Gasteiger partial charge in [0.15, 0.2) is 0 Å². The maximum atomic E-state index is 12.7. The summed E-state index contributed by atoms with van der Waals surface area (Å²) < 4.78 is 5.53. The zero-order valence-corrected chi connectivity index (χ0v) is 15.5. The molecule has 2 aliphatic rings. The Balaban J connectivity index is 1.50. The monoisotopic (exact) mass is 350 g/mol. The lowest BCUT2D eigenvalue weighted by molar-refractivity contribution is 0.0902. The van der Waals surface area contributed by atoms with E-state index in [2.05, 4.69) is 35.3 Å². The molecule has 0 unspecified atom stereocenters. The van der Waals surface area contributed by atoms with Crippen molar-refractivity contribution >= 4 is 5.91 Å². The Morgan fingerprint density at radius 2 is 2.04 bits per heavy atom. The first-order valence-electron chi connectivity index (χ1n) is 9.35. The number of amides is 1. The molecule has 1 N–H and O–H groups in total. The van der Waals surface area contributed by atoms with Crippen LogP contribution in [0.2, 0.25) is 0 Å². The molecular formula is C22H26N2O2. The predicted molar refractivity (Wildman–Crippen MR) is 103 cm³/mol. The molecule has 2 heterocycles. The number of fused-ring (bicyclic) bond motifs is 1. The average Bonchev–Trinajstić information content (AvgIpc) is 2.96. The van der Waals surface area contributed by atoms with Crippen LogP contribution < -0.4 is 10.1 Å². The average molecular weight is 350 g/mol. The molecule has 1 saturated heterocycles. The number of carbonyl (C=O) groups excluding carboxylic acids is 1. The zero-order chi connectivity index (χ0) is 18.1. The molecule has 1 amide bonds. The second-order valence-corrected chi connectivity index (χ2v) is 7.67. The fourth-order valence-corrected chi connectivity index (χ4v) is 4.38. The van der Waals surface area contributed by atoms with Crippen molar-refractivity contribution in [1.29, 1.82) is 0 Å². The summed E-state index contributed by atoms with van der Waals surface area (Å²) >= 11 is 0. The summed E-state index contributed by atoms with van der Waals surface area (Å²) in [5.41, 5.74) is 4.34. The minimum Gasteiger partial charge on any atom is -0.496 e. The van der Waals surface area contributed by atoms with Crippen LogP contribution in [0.3, 0.4) is 0 Å². The lowest BCUT2D eigenvalue weighted by atomic mass is 9.91. The lowest BCUT2D eigenvalue weighted by Crippen LogP contribution is -2.49. The summed E-state index contributed by atoms with van der Waals surface area (Å²) in [6.07, 6.45) is 2.95. The van der Waals surface area contributed by atoms with Crippen LogP contribution in [0.4, 0.5) is 0 Å². The normalized spacial score (nSPS) is 22.8. The first kappa shape index (κ1) is 17.1. The second kappa shape index (κ2) is 6.76. The Kier molecular flexibility index (Phi) is 4.45. The minimum atomic E-state index is -0.118. The summed E-state index contributed by atoms with van der Waals surface area (Å²) in [6.45, 7) is 4.85. The number of rotatable bonds is 3. The largest absolute Gasteiger partial charge is 0.496 e. The van der Waals surface area contributed by atoms with Crippen molar-refractivity contribution in [3.05, 3.63) is 64.7 Å². The molecule has 1 spiro atoms. The molecule has 2 aromatic rings. The Morgan fingerprint density at radius 1 is 1.19 bits per heavy atom. The number of hydrogen-bond acceptors (Lipinski definition) is 3. The van der Waals surface area contributed by atoms with E-state index < -0.39 is 0 Å². The first-order chi connectivity index (χ1) is 12.6. The summed E-state index contributed by atoms with van der Waals surface area (Å²) in [7, 11) is 1.72. The van der Waals surface area contributed by atoms with Crippen LogP contribution in [0, 0.1) is 6.92 Å². The summed E-state index contributed by atoms with van der Waals surface area (Å²) in [4.78, 5) is 15.2. The molecule has 0 aliphatic carbocycles. The van der Waals surface area contributed by atoms with Gasteiger partial charge in [0.25, 0.3) is 5.91 Å². The summed E-state index contributed by atoms with van der Waals surface area (Å²) in [5, 5.41) is 3.35. The van der Waals surface area contributed by atoms with E-state index in [0.717, 1.165) is 50.2 Å². The molecule has 2 aromatic carbocycles. The maximum Gasteiger partial charge on any atom is 0.252 e. The van der Waals surface area contributed by atoms with Crippen LogP contribution in [0.5, 0.6) is 5.75 Å². The Hall–Kier alpha value is -2.33. The van der Waals surface area contributed by atoms with Gasteiger partial charge in [-0.3, -0.25) is 9.69 Å². The van der Waals surface area contributed by atoms with Gasteiger partial charge in [0.1, 0.15) is 5.75 Å².